The molecule has 128 valence electrons. The standard InChI is InChI=1S/C19H19N3O3/c20-11-12-21-18(23)17(13-15-7-3-1-4-8-15)22-19(24)25-14-16-9-5-2-6-10-16/h1-10,17H,12-14H2,(H,21,23)(H,22,24)/t17-/m1/s1. The summed E-state index contributed by atoms with van der Waals surface area (Å²) in [6, 6.07) is 19.6. The number of nitrogens with zero attached hydrogens (tertiary/aromatic N) is 1. The normalized spacial score (nSPS) is 11.0. The van der Waals surface area contributed by atoms with Gasteiger partial charge in [-0.2, -0.15) is 5.26 Å². The summed E-state index contributed by atoms with van der Waals surface area (Å²) in [5.74, 6) is -0.429. The number of amides is 2. The van der Waals surface area contributed by atoms with Crippen LogP contribution in [0.4, 0.5) is 4.79 Å². The van der Waals surface area contributed by atoms with Gasteiger partial charge in [-0.3, -0.25) is 4.79 Å². The maximum absolute atomic E-state index is 12.2. The van der Waals surface area contributed by atoms with E-state index in [9.17, 15) is 9.59 Å². The van der Waals surface area contributed by atoms with Crippen molar-refractivity contribution in [3.63, 3.8) is 0 Å². The van der Waals surface area contributed by atoms with E-state index < -0.39 is 18.0 Å². The van der Waals surface area contributed by atoms with Gasteiger partial charge in [0.2, 0.25) is 5.91 Å². The van der Waals surface area contributed by atoms with Crippen molar-refractivity contribution in [3.05, 3.63) is 71.8 Å². The van der Waals surface area contributed by atoms with Crippen LogP contribution in [0.3, 0.4) is 0 Å². The summed E-state index contributed by atoms with van der Waals surface area (Å²) in [5.41, 5.74) is 1.74. The van der Waals surface area contributed by atoms with E-state index in [4.69, 9.17) is 10.00 Å². The smallest absolute Gasteiger partial charge is 0.408 e. The predicted octanol–water partition coefficient (Wildman–Crippen LogP) is 2.16. The Labute approximate surface area is 146 Å². The van der Waals surface area contributed by atoms with Crippen LogP contribution in [0.2, 0.25) is 0 Å². The van der Waals surface area contributed by atoms with Crippen LogP contribution in [0.5, 0.6) is 0 Å². The van der Waals surface area contributed by atoms with Gasteiger partial charge in [-0.15, -0.1) is 0 Å². The Hall–Kier alpha value is -3.33. The number of carbonyl (C=O) groups is 2. The fraction of sp³-hybridized carbons (Fsp3) is 0.211. The monoisotopic (exact) mass is 337 g/mol. The van der Waals surface area contributed by atoms with Crippen molar-refractivity contribution >= 4 is 12.0 Å². The summed E-state index contributed by atoms with van der Waals surface area (Å²) < 4.78 is 5.16. The van der Waals surface area contributed by atoms with Crippen LogP contribution in [0.25, 0.3) is 0 Å². The number of rotatable bonds is 7. The molecule has 2 N–H and O–H groups in total. The van der Waals surface area contributed by atoms with Crippen molar-refractivity contribution in [2.75, 3.05) is 6.54 Å². The molecule has 0 aliphatic heterocycles. The first-order valence-electron chi connectivity index (χ1n) is 7.85. The first-order chi connectivity index (χ1) is 12.2. The summed E-state index contributed by atoms with van der Waals surface area (Å²) in [5, 5.41) is 13.6. The minimum atomic E-state index is -0.820. The van der Waals surface area contributed by atoms with E-state index in [1.54, 1.807) is 0 Å². The first-order valence-corrected chi connectivity index (χ1v) is 7.85. The molecule has 0 spiro atoms. The Morgan fingerprint density at radius 1 is 1.00 bits per heavy atom. The second-order valence-corrected chi connectivity index (χ2v) is 5.32. The van der Waals surface area contributed by atoms with Gasteiger partial charge in [0.25, 0.3) is 0 Å². The topological polar surface area (TPSA) is 91.2 Å². The van der Waals surface area contributed by atoms with E-state index in [0.29, 0.717) is 6.42 Å². The van der Waals surface area contributed by atoms with Gasteiger partial charge in [-0.1, -0.05) is 60.7 Å². The van der Waals surface area contributed by atoms with Crippen LogP contribution in [0.15, 0.2) is 60.7 Å². The Morgan fingerprint density at radius 2 is 1.60 bits per heavy atom. The molecule has 0 saturated carbocycles. The number of nitrogens with one attached hydrogen (secondary N) is 2. The van der Waals surface area contributed by atoms with Gasteiger partial charge in [0.15, 0.2) is 0 Å². The van der Waals surface area contributed by atoms with Gasteiger partial charge in [0.05, 0.1) is 6.07 Å². The molecule has 0 fully saturated rings. The van der Waals surface area contributed by atoms with E-state index in [1.165, 1.54) is 0 Å². The third-order valence-electron chi connectivity index (χ3n) is 3.45. The molecule has 2 aromatic carbocycles. The third-order valence-corrected chi connectivity index (χ3v) is 3.45. The number of hydrogen-bond acceptors (Lipinski definition) is 4. The number of carbonyl (C=O) groups excluding carboxylic acids is 2. The minimum Gasteiger partial charge on any atom is -0.445 e. The Morgan fingerprint density at radius 3 is 2.20 bits per heavy atom. The summed E-state index contributed by atoms with van der Waals surface area (Å²) in [6.07, 6.45) is -0.379. The second-order valence-electron chi connectivity index (χ2n) is 5.32. The maximum Gasteiger partial charge on any atom is 0.408 e. The second kappa shape index (κ2) is 9.73. The van der Waals surface area contributed by atoms with Gasteiger partial charge >= 0.3 is 6.09 Å². The molecule has 0 saturated heterocycles. The highest BCUT2D eigenvalue weighted by atomic mass is 16.5. The highest BCUT2D eigenvalue weighted by Crippen LogP contribution is 2.05. The predicted molar refractivity (Wildman–Crippen MR) is 92.3 cm³/mol. The first kappa shape index (κ1) is 18.0. The molecule has 1 atom stereocenters. The summed E-state index contributed by atoms with van der Waals surface area (Å²) in [4.78, 5) is 24.2. The van der Waals surface area contributed by atoms with Gasteiger partial charge in [0.1, 0.15) is 19.2 Å². The van der Waals surface area contributed by atoms with Crippen LogP contribution >= 0.6 is 0 Å². The number of alkyl carbamates (subject to hydrolysis) is 1. The molecule has 0 bridgehead atoms. The Balaban J connectivity index is 1.95. The quantitative estimate of drug-likeness (QED) is 0.758. The van der Waals surface area contributed by atoms with Gasteiger partial charge in [0, 0.05) is 6.42 Å². The summed E-state index contributed by atoms with van der Waals surface area (Å²) in [7, 11) is 0. The summed E-state index contributed by atoms with van der Waals surface area (Å²) in [6.45, 7) is -0.00455. The third kappa shape index (κ3) is 6.36. The molecule has 0 aliphatic carbocycles. The van der Waals surface area contributed by atoms with E-state index in [0.717, 1.165) is 11.1 Å². The molecule has 2 rings (SSSR count). The van der Waals surface area contributed by atoms with Crippen molar-refractivity contribution in [2.24, 2.45) is 0 Å². The molecule has 0 unspecified atom stereocenters. The maximum atomic E-state index is 12.2. The van der Waals surface area contributed by atoms with Gasteiger partial charge in [-0.05, 0) is 11.1 Å². The number of benzene rings is 2. The van der Waals surface area contributed by atoms with Crippen molar-refractivity contribution in [2.45, 2.75) is 19.1 Å². The van der Waals surface area contributed by atoms with Gasteiger partial charge < -0.3 is 15.4 Å². The molecule has 2 amide bonds. The van der Waals surface area contributed by atoms with Crippen LogP contribution < -0.4 is 10.6 Å². The van der Waals surface area contributed by atoms with Crippen molar-refractivity contribution in [1.29, 1.82) is 5.26 Å². The van der Waals surface area contributed by atoms with Gasteiger partial charge in [-0.25, -0.2) is 4.79 Å². The molecule has 0 heterocycles. The van der Waals surface area contributed by atoms with Crippen molar-refractivity contribution < 1.29 is 14.3 Å². The fourth-order valence-electron chi connectivity index (χ4n) is 2.22. The highest BCUT2D eigenvalue weighted by molar-refractivity contribution is 5.86. The Kier molecular flexibility index (Phi) is 7.01. The van der Waals surface area contributed by atoms with E-state index in [2.05, 4.69) is 10.6 Å². The number of ether oxygens (including phenoxy) is 1. The van der Waals surface area contributed by atoms with Crippen LogP contribution in [0.1, 0.15) is 11.1 Å². The SMILES string of the molecule is N#CCNC(=O)[C@@H](Cc1ccccc1)NC(=O)OCc1ccccc1. The van der Waals surface area contributed by atoms with Crippen LogP contribution in [-0.4, -0.2) is 24.6 Å². The highest BCUT2D eigenvalue weighted by Gasteiger charge is 2.21. The lowest BCUT2D eigenvalue weighted by atomic mass is 10.1. The van der Waals surface area contributed by atoms with E-state index in [1.807, 2.05) is 66.7 Å². The summed E-state index contributed by atoms with van der Waals surface area (Å²) >= 11 is 0. The van der Waals surface area contributed by atoms with E-state index in [-0.39, 0.29) is 13.2 Å². The lowest BCUT2D eigenvalue weighted by molar-refractivity contribution is -0.122. The van der Waals surface area contributed by atoms with Crippen LogP contribution in [-0.2, 0) is 22.6 Å². The van der Waals surface area contributed by atoms with Crippen LogP contribution in [0, 0.1) is 11.3 Å². The zero-order chi connectivity index (χ0) is 17.9. The molecule has 0 aromatic heterocycles. The zero-order valence-electron chi connectivity index (χ0n) is 13.6. The average Bonchev–Trinajstić information content (AvgIpc) is 2.65. The molecule has 0 radical (unpaired) electrons. The molecular weight excluding hydrogens is 318 g/mol. The molecule has 2 aromatic rings. The van der Waals surface area contributed by atoms with Crippen molar-refractivity contribution in [1.82, 2.24) is 10.6 Å². The molecular formula is C19H19N3O3. The average molecular weight is 337 g/mol. The number of nitriles is 1. The molecule has 6 heteroatoms. The molecule has 6 nitrogen and oxygen atoms in total. The minimum absolute atomic E-state index is 0.116. The molecule has 0 aliphatic rings. The lowest BCUT2D eigenvalue weighted by Crippen LogP contribution is -2.48. The molecule has 25 heavy (non-hydrogen) atoms. The van der Waals surface area contributed by atoms with E-state index >= 15 is 0 Å². The largest absolute Gasteiger partial charge is 0.445 e. The Bertz CT molecular complexity index is 727. The zero-order valence-corrected chi connectivity index (χ0v) is 13.6. The van der Waals surface area contributed by atoms with Crippen molar-refractivity contribution in [3.8, 4) is 6.07 Å². The lowest BCUT2D eigenvalue weighted by Gasteiger charge is -2.17. The number of hydrogen-bond donors (Lipinski definition) is 2. The fourth-order valence-corrected chi connectivity index (χ4v) is 2.22.